The van der Waals surface area contributed by atoms with Crippen molar-refractivity contribution in [3.05, 3.63) is 35.4 Å². The Bertz CT molecular complexity index is 430. The Morgan fingerprint density at radius 3 is 2.65 bits per heavy atom. The van der Waals surface area contributed by atoms with Gasteiger partial charge in [-0.2, -0.15) is 0 Å². The molecule has 0 spiro atoms. The van der Waals surface area contributed by atoms with Gasteiger partial charge in [0.25, 0.3) is 0 Å². The Hall–Kier alpha value is -1.39. The molecule has 1 amide bonds. The number of nitrogens with zero attached hydrogens (tertiary/aromatic N) is 1. The molecular weight excluding hydrogens is 250 g/mol. The van der Waals surface area contributed by atoms with Crippen molar-refractivity contribution < 1.29 is 4.79 Å². The zero-order valence-electron chi connectivity index (χ0n) is 12.3. The first-order valence-electron chi connectivity index (χ1n) is 7.54. The van der Waals surface area contributed by atoms with Crippen LogP contribution in [0.1, 0.15) is 43.7 Å². The van der Waals surface area contributed by atoms with Crippen molar-refractivity contribution >= 4 is 5.91 Å². The molecule has 110 valence electrons. The molecule has 1 saturated heterocycles. The summed E-state index contributed by atoms with van der Waals surface area (Å²) in [6.07, 6.45) is 5.57. The Morgan fingerprint density at radius 1 is 1.30 bits per heavy atom. The van der Waals surface area contributed by atoms with E-state index in [2.05, 4.69) is 29.4 Å². The molecule has 1 aromatic carbocycles. The number of amides is 1. The molecule has 0 radical (unpaired) electrons. The van der Waals surface area contributed by atoms with Gasteiger partial charge in [-0.05, 0) is 36.9 Å². The van der Waals surface area contributed by atoms with Gasteiger partial charge < -0.3 is 0 Å². The largest absolute Gasteiger partial charge is 0.296 e. The van der Waals surface area contributed by atoms with Gasteiger partial charge in [0.2, 0.25) is 5.91 Å². The number of carbonyl (C=O) groups excluding carboxylic acids is 1. The fourth-order valence-electron chi connectivity index (χ4n) is 2.96. The van der Waals surface area contributed by atoms with E-state index in [9.17, 15) is 4.79 Å². The van der Waals surface area contributed by atoms with Crippen LogP contribution in [-0.2, 0) is 17.8 Å². The van der Waals surface area contributed by atoms with Gasteiger partial charge in [0.1, 0.15) is 0 Å². The Kier molecular flexibility index (Phi) is 5.56. The van der Waals surface area contributed by atoms with Crippen LogP contribution in [-0.4, -0.2) is 23.4 Å². The summed E-state index contributed by atoms with van der Waals surface area (Å²) in [6, 6.07) is 9.03. The second-order valence-electron chi connectivity index (χ2n) is 5.59. The van der Waals surface area contributed by atoms with Crippen molar-refractivity contribution in [1.82, 2.24) is 10.3 Å². The van der Waals surface area contributed by atoms with Crippen molar-refractivity contribution in [1.29, 1.82) is 0 Å². The fourth-order valence-corrected chi connectivity index (χ4v) is 2.96. The Balaban J connectivity index is 1.94. The molecule has 1 heterocycles. The lowest BCUT2D eigenvalue weighted by molar-refractivity contribution is -0.120. The number of piperidine rings is 1. The molecule has 4 nitrogen and oxygen atoms in total. The van der Waals surface area contributed by atoms with Crippen LogP contribution in [0.5, 0.6) is 0 Å². The predicted molar refractivity (Wildman–Crippen MR) is 80.8 cm³/mol. The van der Waals surface area contributed by atoms with Crippen LogP contribution in [0.15, 0.2) is 24.3 Å². The van der Waals surface area contributed by atoms with Crippen LogP contribution >= 0.6 is 0 Å². The van der Waals surface area contributed by atoms with E-state index in [1.165, 1.54) is 37.8 Å². The highest BCUT2D eigenvalue weighted by Gasteiger charge is 2.20. The summed E-state index contributed by atoms with van der Waals surface area (Å²) in [6.45, 7) is 4.50. The van der Waals surface area contributed by atoms with E-state index in [1.54, 1.807) is 0 Å². The third kappa shape index (κ3) is 4.05. The first kappa shape index (κ1) is 15.0. The number of carbonyl (C=O) groups is 1. The first-order valence-corrected chi connectivity index (χ1v) is 7.54. The highest BCUT2D eigenvalue weighted by Crippen LogP contribution is 2.21. The van der Waals surface area contributed by atoms with Gasteiger partial charge in [-0.3, -0.25) is 15.1 Å². The maximum Gasteiger partial charge on any atom is 0.238 e. The van der Waals surface area contributed by atoms with E-state index in [0.29, 0.717) is 6.42 Å². The van der Waals surface area contributed by atoms with E-state index in [1.807, 2.05) is 12.1 Å². The van der Waals surface area contributed by atoms with Crippen LogP contribution in [0.25, 0.3) is 0 Å². The predicted octanol–water partition coefficient (Wildman–Crippen LogP) is 1.98. The lowest BCUT2D eigenvalue weighted by Crippen LogP contribution is -2.38. The number of likely N-dealkylation sites (tertiary alicyclic amines) is 1. The van der Waals surface area contributed by atoms with Crippen LogP contribution < -0.4 is 11.3 Å². The maximum atomic E-state index is 11.2. The zero-order valence-corrected chi connectivity index (χ0v) is 12.3. The summed E-state index contributed by atoms with van der Waals surface area (Å²) in [5, 5.41) is 0. The normalized spacial score (nSPS) is 19.8. The second-order valence-corrected chi connectivity index (χ2v) is 5.59. The number of benzene rings is 1. The minimum absolute atomic E-state index is 0.153. The second kappa shape index (κ2) is 7.41. The summed E-state index contributed by atoms with van der Waals surface area (Å²) in [4.78, 5) is 13.8. The standard InChI is InChI=1S/C16H25N3O/c1-2-15-5-3-4-10-19(15)12-14-8-6-13(7-9-14)11-16(20)18-17/h6-9,15H,2-5,10-12,17H2,1H3,(H,18,20). The number of hydrogen-bond acceptors (Lipinski definition) is 3. The van der Waals surface area contributed by atoms with E-state index in [4.69, 9.17) is 5.84 Å². The molecule has 1 unspecified atom stereocenters. The van der Waals surface area contributed by atoms with Crippen LogP contribution in [0.2, 0.25) is 0 Å². The summed E-state index contributed by atoms with van der Waals surface area (Å²) in [5.41, 5.74) is 4.48. The van der Waals surface area contributed by atoms with E-state index < -0.39 is 0 Å². The number of hydrazine groups is 1. The van der Waals surface area contributed by atoms with E-state index >= 15 is 0 Å². The molecule has 0 bridgehead atoms. The quantitative estimate of drug-likeness (QED) is 0.491. The minimum atomic E-state index is -0.153. The van der Waals surface area contributed by atoms with E-state index in [0.717, 1.165) is 18.2 Å². The summed E-state index contributed by atoms with van der Waals surface area (Å²) in [7, 11) is 0. The third-order valence-electron chi connectivity index (χ3n) is 4.15. The van der Waals surface area contributed by atoms with Gasteiger partial charge in [0, 0.05) is 12.6 Å². The van der Waals surface area contributed by atoms with Crippen molar-refractivity contribution in [3.63, 3.8) is 0 Å². The molecule has 1 atom stereocenters. The van der Waals surface area contributed by atoms with Gasteiger partial charge in [0.15, 0.2) is 0 Å². The third-order valence-corrected chi connectivity index (χ3v) is 4.15. The maximum absolute atomic E-state index is 11.2. The Labute approximate surface area is 121 Å². The van der Waals surface area contributed by atoms with Crippen molar-refractivity contribution in [2.24, 2.45) is 5.84 Å². The van der Waals surface area contributed by atoms with Gasteiger partial charge in [-0.25, -0.2) is 5.84 Å². The average molecular weight is 275 g/mol. The summed E-state index contributed by atoms with van der Waals surface area (Å²) in [5.74, 6) is 4.94. The molecule has 1 aromatic rings. The number of nitrogens with one attached hydrogen (secondary N) is 1. The molecule has 1 fully saturated rings. The summed E-state index contributed by atoms with van der Waals surface area (Å²) < 4.78 is 0. The smallest absolute Gasteiger partial charge is 0.238 e. The van der Waals surface area contributed by atoms with Crippen LogP contribution in [0, 0.1) is 0 Å². The molecule has 20 heavy (non-hydrogen) atoms. The molecule has 1 aliphatic heterocycles. The van der Waals surface area contributed by atoms with E-state index in [-0.39, 0.29) is 5.91 Å². The first-order chi connectivity index (χ1) is 9.72. The molecule has 0 aliphatic carbocycles. The molecular formula is C16H25N3O. The lowest BCUT2D eigenvalue weighted by atomic mass is 9.99. The minimum Gasteiger partial charge on any atom is -0.296 e. The highest BCUT2D eigenvalue weighted by molar-refractivity contribution is 5.77. The lowest BCUT2D eigenvalue weighted by Gasteiger charge is -2.35. The average Bonchev–Trinajstić information content (AvgIpc) is 2.49. The highest BCUT2D eigenvalue weighted by atomic mass is 16.2. The van der Waals surface area contributed by atoms with Crippen molar-refractivity contribution in [3.8, 4) is 0 Å². The zero-order chi connectivity index (χ0) is 14.4. The van der Waals surface area contributed by atoms with Gasteiger partial charge in [-0.15, -0.1) is 0 Å². The topological polar surface area (TPSA) is 58.4 Å². The van der Waals surface area contributed by atoms with Crippen LogP contribution in [0.4, 0.5) is 0 Å². The monoisotopic (exact) mass is 275 g/mol. The summed E-state index contributed by atoms with van der Waals surface area (Å²) >= 11 is 0. The van der Waals surface area contributed by atoms with Crippen molar-refractivity contribution in [2.45, 2.75) is 51.6 Å². The SMILES string of the molecule is CCC1CCCCN1Cc1ccc(CC(=O)NN)cc1. The molecule has 1 aliphatic rings. The molecule has 3 N–H and O–H groups in total. The molecule has 0 aromatic heterocycles. The van der Waals surface area contributed by atoms with Gasteiger partial charge >= 0.3 is 0 Å². The molecule has 2 rings (SSSR count). The van der Waals surface area contributed by atoms with Crippen LogP contribution in [0.3, 0.4) is 0 Å². The Morgan fingerprint density at radius 2 is 2.00 bits per heavy atom. The molecule has 4 heteroatoms. The van der Waals surface area contributed by atoms with Gasteiger partial charge in [0.05, 0.1) is 6.42 Å². The number of nitrogens with two attached hydrogens (primary N) is 1. The van der Waals surface area contributed by atoms with Gasteiger partial charge in [-0.1, -0.05) is 37.6 Å². The number of rotatable bonds is 5. The fraction of sp³-hybridized carbons (Fsp3) is 0.562. The van der Waals surface area contributed by atoms with Crippen molar-refractivity contribution in [2.75, 3.05) is 6.54 Å². The molecule has 0 saturated carbocycles. The number of hydrogen-bond donors (Lipinski definition) is 2.